The summed E-state index contributed by atoms with van der Waals surface area (Å²) in [6.45, 7) is 1.40. The van der Waals surface area contributed by atoms with Crippen LogP contribution in [0, 0.1) is 0 Å². The average molecular weight is 495 g/mol. The largest absolute Gasteiger partial charge is 0.365 e. The molecule has 1 fully saturated rings. The van der Waals surface area contributed by atoms with Crippen LogP contribution in [0.2, 0.25) is 0 Å². The van der Waals surface area contributed by atoms with E-state index in [-0.39, 0.29) is 16.9 Å². The van der Waals surface area contributed by atoms with E-state index in [0.717, 1.165) is 49.2 Å². The average Bonchev–Trinajstić information content (AvgIpc) is 3.53. The lowest BCUT2D eigenvalue weighted by Crippen LogP contribution is -2.24. The molecule has 2 aliphatic rings. The molecule has 3 heterocycles. The van der Waals surface area contributed by atoms with E-state index in [2.05, 4.69) is 27.4 Å². The van der Waals surface area contributed by atoms with Gasteiger partial charge in [-0.05, 0) is 66.6 Å². The fourth-order valence-corrected chi connectivity index (χ4v) is 5.17. The second-order valence-corrected chi connectivity index (χ2v) is 9.58. The molecule has 2 aromatic carbocycles. The highest BCUT2D eigenvalue weighted by Gasteiger charge is 2.20. The summed E-state index contributed by atoms with van der Waals surface area (Å²) in [6.07, 6.45) is 7.58. The zero-order valence-electron chi connectivity index (χ0n) is 20.2. The Morgan fingerprint density at radius 2 is 1.81 bits per heavy atom. The number of aromatic nitrogens is 3. The fourth-order valence-electron chi connectivity index (χ4n) is 5.17. The maximum Gasteiger partial charge on any atom is 0.254 e. The molecule has 9 heteroatoms. The number of carbonyl (C=O) groups is 2. The van der Waals surface area contributed by atoms with Gasteiger partial charge in [-0.3, -0.25) is 14.4 Å². The van der Waals surface area contributed by atoms with Crippen molar-refractivity contribution in [2.24, 2.45) is 5.73 Å². The SMILES string of the molecule is NC(=O)c1cn(-c2ccc3c(c2)CCC3)c2nc(Nc3ccc(CN4CCCC4=O)cc3)ncc2c1=O. The molecule has 0 radical (unpaired) electrons. The van der Waals surface area contributed by atoms with Crippen molar-refractivity contribution in [2.45, 2.75) is 38.6 Å². The third kappa shape index (κ3) is 4.33. The van der Waals surface area contributed by atoms with E-state index in [0.29, 0.717) is 24.6 Å². The van der Waals surface area contributed by atoms with Gasteiger partial charge in [-0.1, -0.05) is 18.2 Å². The smallest absolute Gasteiger partial charge is 0.254 e. The van der Waals surface area contributed by atoms with Crippen molar-refractivity contribution in [2.75, 3.05) is 11.9 Å². The number of likely N-dealkylation sites (tertiary alicyclic amines) is 1. The minimum atomic E-state index is -0.792. The molecule has 0 spiro atoms. The van der Waals surface area contributed by atoms with E-state index in [1.165, 1.54) is 23.5 Å². The van der Waals surface area contributed by atoms with Gasteiger partial charge in [0, 0.05) is 43.3 Å². The molecule has 1 aliphatic carbocycles. The molecule has 0 saturated carbocycles. The second-order valence-electron chi connectivity index (χ2n) is 9.58. The molecule has 0 atom stereocenters. The number of fused-ring (bicyclic) bond motifs is 2. The van der Waals surface area contributed by atoms with Crippen LogP contribution in [0.25, 0.3) is 16.7 Å². The van der Waals surface area contributed by atoms with Gasteiger partial charge in [-0.25, -0.2) is 4.98 Å². The number of hydrogen-bond acceptors (Lipinski definition) is 6. The first kappa shape index (κ1) is 22.9. The molecule has 6 rings (SSSR count). The molecule has 1 aliphatic heterocycles. The zero-order chi connectivity index (χ0) is 25.5. The highest BCUT2D eigenvalue weighted by Crippen LogP contribution is 2.26. The topological polar surface area (TPSA) is 123 Å². The number of benzene rings is 2. The number of aryl methyl sites for hydroxylation is 2. The number of nitrogens with one attached hydrogen (secondary N) is 1. The van der Waals surface area contributed by atoms with Crippen LogP contribution in [0.5, 0.6) is 0 Å². The lowest BCUT2D eigenvalue weighted by atomic mass is 10.1. The van der Waals surface area contributed by atoms with Gasteiger partial charge in [0.1, 0.15) is 5.56 Å². The summed E-state index contributed by atoms with van der Waals surface area (Å²) in [4.78, 5) is 47.8. The molecular formula is C28H26N6O3. The Kier molecular flexibility index (Phi) is 5.67. The molecule has 0 bridgehead atoms. The van der Waals surface area contributed by atoms with Gasteiger partial charge in [0.2, 0.25) is 17.3 Å². The number of rotatable bonds is 6. The van der Waals surface area contributed by atoms with Crippen molar-refractivity contribution >= 4 is 34.5 Å². The summed E-state index contributed by atoms with van der Waals surface area (Å²) >= 11 is 0. The van der Waals surface area contributed by atoms with Crippen molar-refractivity contribution in [3.8, 4) is 5.69 Å². The normalized spacial score (nSPS) is 14.8. The van der Waals surface area contributed by atoms with Crippen LogP contribution in [0.4, 0.5) is 11.6 Å². The van der Waals surface area contributed by atoms with Crippen molar-refractivity contribution < 1.29 is 9.59 Å². The first-order valence-electron chi connectivity index (χ1n) is 12.4. The van der Waals surface area contributed by atoms with Gasteiger partial charge in [0.25, 0.3) is 5.91 Å². The Labute approximate surface area is 213 Å². The zero-order valence-corrected chi connectivity index (χ0v) is 20.2. The monoisotopic (exact) mass is 494 g/mol. The van der Waals surface area contributed by atoms with E-state index in [4.69, 9.17) is 5.73 Å². The second kappa shape index (κ2) is 9.16. The van der Waals surface area contributed by atoms with Gasteiger partial charge in [-0.2, -0.15) is 4.98 Å². The Morgan fingerprint density at radius 1 is 1.00 bits per heavy atom. The molecule has 2 aromatic heterocycles. The van der Waals surface area contributed by atoms with Gasteiger partial charge in [0.15, 0.2) is 5.65 Å². The highest BCUT2D eigenvalue weighted by molar-refractivity contribution is 5.96. The molecule has 3 N–H and O–H groups in total. The number of hydrogen-bond donors (Lipinski definition) is 2. The first-order valence-corrected chi connectivity index (χ1v) is 12.4. The lowest BCUT2D eigenvalue weighted by molar-refractivity contribution is -0.128. The van der Waals surface area contributed by atoms with Crippen molar-refractivity contribution in [1.82, 2.24) is 19.4 Å². The quantitative estimate of drug-likeness (QED) is 0.424. The number of primary amides is 1. The molecule has 37 heavy (non-hydrogen) atoms. The molecule has 2 amide bonds. The van der Waals surface area contributed by atoms with Crippen LogP contribution in [0.1, 0.15) is 46.3 Å². The standard InChI is InChI=1S/C28H26N6O3/c29-26(37)23-16-34(21-11-8-18-3-1-4-19(18)13-21)27-22(25(23)36)14-30-28(32-27)31-20-9-6-17(7-10-20)15-33-12-2-5-24(33)35/h6-11,13-14,16H,1-5,12,15H2,(H2,29,37)(H,30,31,32). The summed E-state index contributed by atoms with van der Waals surface area (Å²) in [6, 6.07) is 13.9. The maximum atomic E-state index is 13.0. The van der Waals surface area contributed by atoms with Crippen LogP contribution < -0.4 is 16.5 Å². The predicted molar refractivity (Wildman–Crippen MR) is 140 cm³/mol. The third-order valence-corrected chi connectivity index (χ3v) is 7.12. The number of anilines is 2. The first-order chi connectivity index (χ1) is 18.0. The van der Waals surface area contributed by atoms with Gasteiger partial charge < -0.3 is 20.5 Å². The Bertz CT molecular complexity index is 1610. The number of amides is 2. The summed E-state index contributed by atoms with van der Waals surface area (Å²) in [7, 11) is 0. The van der Waals surface area contributed by atoms with Gasteiger partial charge >= 0.3 is 0 Å². The summed E-state index contributed by atoms with van der Waals surface area (Å²) in [5, 5.41) is 3.41. The van der Waals surface area contributed by atoms with Crippen LogP contribution in [-0.4, -0.2) is 37.8 Å². The number of pyridine rings is 1. The predicted octanol–water partition coefficient (Wildman–Crippen LogP) is 3.23. The highest BCUT2D eigenvalue weighted by atomic mass is 16.2. The van der Waals surface area contributed by atoms with Gasteiger partial charge in [-0.15, -0.1) is 0 Å². The van der Waals surface area contributed by atoms with Crippen LogP contribution in [0.15, 0.2) is 59.7 Å². The van der Waals surface area contributed by atoms with Crippen LogP contribution >= 0.6 is 0 Å². The molecule has 1 saturated heterocycles. The van der Waals surface area contributed by atoms with Gasteiger partial charge in [0.05, 0.1) is 5.39 Å². The third-order valence-electron chi connectivity index (χ3n) is 7.12. The minimum Gasteiger partial charge on any atom is -0.365 e. The van der Waals surface area contributed by atoms with Crippen molar-refractivity contribution in [1.29, 1.82) is 0 Å². The lowest BCUT2D eigenvalue weighted by Gasteiger charge is -2.16. The summed E-state index contributed by atoms with van der Waals surface area (Å²) in [5.41, 5.74) is 10.5. The maximum absolute atomic E-state index is 13.0. The Hall–Kier alpha value is -4.53. The van der Waals surface area contributed by atoms with E-state index >= 15 is 0 Å². The fraction of sp³-hybridized carbons (Fsp3) is 0.250. The van der Waals surface area contributed by atoms with E-state index in [1.54, 1.807) is 4.57 Å². The molecular weight excluding hydrogens is 468 g/mol. The minimum absolute atomic E-state index is 0.107. The Morgan fingerprint density at radius 3 is 2.57 bits per heavy atom. The van der Waals surface area contributed by atoms with E-state index in [1.807, 2.05) is 35.2 Å². The van der Waals surface area contributed by atoms with Crippen molar-refractivity contribution in [3.05, 3.63) is 87.3 Å². The number of nitrogens with two attached hydrogens (primary N) is 1. The van der Waals surface area contributed by atoms with E-state index in [9.17, 15) is 14.4 Å². The summed E-state index contributed by atoms with van der Waals surface area (Å²) in [5.74, 6) is -0.281. The molecule has 0 unspecified atom stereocenters. The molecule has 4 aromatic rings. The number of nitrogens with zero attached hydrogens (tertiary/aromatic N) is 4. The van der Waals surface area contributed by atoms with Crippen LogP contribution in [0.3, 0.4) is 0 Å². The Balaban J connectivity index is 1.35. The van der Waals surface area contributed by atoms with E-state index < -0.39 is 11.3 Å². The van der Waals surface area contributed by atoms with Crippen molar-refractivity contribution in [3.63, 3.8) is 0 Å². The van der Waals surface area contributed by atoms with Crippen LogP contribution in [-0.2, 0) is 24.2 Å². The molecule has 9 nitrogen and oxygen atoms in total. The summed E-state index contributed by atoms with van der Waals surface area (Å²) < 4.78 is 1.73. The number of carbonyl (C=O) groups excluding carboxylic acids is 2. The molecule has 186 valence electrons.